The van der Waals surface area contributed by atoms with Crippen molar-refractivity contribution in [3.05, 3.63) is 95.3 Å². The van der Waals surface area contributed by atoms with E-state index in [-0.39, 0.29) is 18.7 Å². The summed E-state index contributed by atoms with van der Waals surface area (Å²) in [5.41, 5.74) is 2.17. The lowest BCUT2D eigenvalue weighted by Gasteiger charge is -2.35. The van der Waals surface area contributed by atoms with E-state index >= 15 is 0 Å². The molecule has 43 heavy (non-hydrogen) atoms. The third-order valence-electron chi connectivity index (χ3n) is 7.78. The molecule has 3 aromatic rings. The maximum absolute atomic E-state index is 13.6. The van der Waals surface area contributed by atoms with Crippen molar-refractivity contribution in [3.8, 4) is 17.6 Å². The van der Waals surface area contributed by atoms with Crippen molar-refractivity contribution < 1.29 is 23.4 Å². The van der Waals surface area contributed by atoms with Gasteiger partial charge in [0, 0.05) is 48.4 Å². The van der Waals surface area contributed by atoms with Crippen molar-refractivity contribution in [2.75, 3.05) is 26.2 Å². The molecule has 0 spiro atoms. The fourth-order valence-corrected chi connectivity index (χ4v) is 5.39. The van der Waals surface area contributed by atoms with Crippen molar-refractivity contribution in [2.24, 2.45) is 5.92 Å². The number of pyridine rings is 1. The number of piperidine rings is 1. The third kappa shape index (κ3) is 7.58. The van der Waals surface area contributed by atoms with Crippen LogP contribution in [0.1, 0.15) is 37.8 Å². The second-order valence-electron chi connectivity index (χ2n) is 11.2. The van der Waals surface area contributed by atoms with E-state index in [1.807, 2.05) is 24.3 Å². The first-order valence-corrected chi connectivity index (χ1v) is 14.6. The van der Waals surface area contributed by atoms with Gasteiger partial charge in [-0.1, -0.05) is 17.9 Å². The summed E-state index contributed by atoms with van der Waals surface area (Å²) in [6.45, 7) is 7.47. The molecular formula is C34H36F2N4O3. The van der Waals surface area contributed by atoms with Gasteiger partial charge in [-0.3, -0.25) is 9.78 Å². The average molecular weight is 587 g/mol. The topological polar surface area (TPSA) is 77.9 Å². The molecular weight excluding hydrogens is 550 g/mol. The normalized spacial score (nSPS) is 18.7. The minimum absolute atomic E-state index is 0.0677. The number of rotatable bonds is 8. The van der Waals surface area contributed by atoms with Crippen molar-refractivity contribution >= 4 is 16.8 Å². The van der Waals surface area contributed by atoms with Crippen LogP contribution in [0.25, 0.3) is 10.9 Å². The highest BCUT2D eigenvalue weighted by Gasteiger charge is 2.25. The smallest absolute Gasteiger partial charge is 0.252 e. The van der Waals surface area contributed by atoms with E-state index in [2.05, 4.69) is 40.9 Å². The minimum atomic E-state index is -1.25. The number of nitrogens with zero attached hydrogens (tertiary/aromatic N) is 3. The van der Waals surface area contributed by atoms with Gasteiger partial charge in [-0.15, -0.1) is 0 Å². The fourth-order valence-electron chi connectivity index (χ4n) is 5.39. The second kappa shape index (κ2) is 13.8. The zero-order chi connectivity index (χ0) is 30.3. The fraction of sp³-hybridized carbons (Fsp3) is 0.353. The van der Waals surface area contributed by atoms with Gasteiger partial charge >= 0.3 is 0 Å². The van der Waals surface area contributed by atoms with Crippen LogP contribution >= 0.6 is 0 Å². The number of aliphatic hydroxyl groups is 1. The number of aromatic nitrogens is 1. The molecule has 2 aliphatic rings. The van der Waals surface area contributed by atoms with E-state index in [1.165, 1.54) is 23.5 Å². The summed E-state index contributed by atoms with van der Waals surface area (Å²) < 4.78 is 33.1. The Kier molecular flexibility index (Phi) is 9.70. The Balaban J connectivity index is 1.17. The lowest BCUT2D eigenvalue weighted by atomic mass is 9.98. The van der Waals surface area contributed by atoms with Gasteiger partial charge in [-0.2, -0.15) is 0 Å². The highest BCUT2D eigenvalue weighted by Crippen LogP contribution is 2.27. The maximum atomic E-state index is 13.6. The van der Waals surface area contributed by atoms with Gasteiger partial charge in [0.2, 0.25) is 0 Å². The number of halogens is 2. The monoisotopic (exact) mass is 586 g/mol. The summed E-state index contributed by atoms with van der Waals surface area (Å²) in [4.78, 5) is 21.2. The Labute approximate surface area is 250 Å². The maximum Gasteiger partial charge on any atom is 0.252 e. The number of allylic oxidation sites excluding steroid dienone is 2. The van der Waals surface area contributed by atoms with E-state index in [9.17, 15) is 18.7 Å². The first-order valence-electron chi connectivity index (χ1n) is 14.6. The predicted molar refractivity (Wildman–Crippen MR) is 162 cm³/mol. The molecule has 2 aromatic carbocycles. The van der Waals surface area contributed by atoms with E-state index in [0.29, 0.717) is 24.1 Å². The first-order chi connectivity index (χ1) is 20.8. The van der Waals surface area contributed by atoms with E-state index in [4.69, 9.17) is 4.74 Å². The summed E-state index contributed by atoms with van der Waals surface area (Å²) in [7, 11) is 0. The lowest BCUT2D eigenvalue weighted by Crippen LogP contribution is -2.41. The summed E-state index contributed by atoms with van der Waals surface area (Å²) in [6, 6.07) is 11.7. The number of aliphatic hydroxyl groups excluding tert-OH is 1. The molecule has 1 saturated heterocycles. The molecule has 2 aliphatic heterocycles. The Morgan fingerprint density at radius 3 is 2.86 bits per heavy atom. The number of likely N-dealkylation sites (tertiary alicyclic amines) is 1. The standard InChI is InChI=1S/C34H36F2N4O3/c1-23(2)39-16-4-7-26(21-39)22-43-32-13-15-37-31-12-10-24(18-28(31)32)6-3-14-38-33(41)27-8-5-17-40(34(27)42)20-25-9-11-29(35)30(36)19-25/h5,8-13,15,17-19,23,26,34,42H,4,7,14,16,20-22H2,1-2H3,(H,38,41)/t26-,34?/m1/s1. The van der Waals surface area contributed by atoms with Crippen LogP contribution in [0.4, 0.5) is 8.78 Å². The van der Waals surface area contributed by atoms with Gasteiger partial charge in [-0.05, 0) is 87.3 Å². The van der Waals surface area contributed by atoms with Crippen LogP contribution in [0.15, 0.2) is 72.6 Å². The highest BCUT2D eigenvalue weighted by atomic mass is 19.2. The molecule has 2 atom stereocenters. The van der Waals surface area contributed by atoms with Crippen molar-refractivity contribution in [1.82, 2.24) is 20.1 Å². The third-order valence-corrected chi connectivity index (χ3v) is 7.78. The molecule has 0 bridgehead atoms. The van der Waals surface area contributed by atoms with Crippen molar-refractivity contribution in [2.45, 2.75) is 45.5 Å². The number of nitrogens with one attached hydrogen (secondary N) is 1. The summed E-state index contributed by atoms with van der Waals surface area (Å²) >= 11 is 0. The van der Waals surface area contributed by atoms with Gasteiger partial charge in [0.05, 0.1) is 24.2 Å². The predicted octanol–water partition coefficient (Wildman–Crippen LogP) is 4.75. The Bertz CT molecular complexity index is 1590. The molecule has 1 amide bonds. The molecule has 224 valence electrons. The number of carbonyl (C=O) groups excluding carboxylic acids is 1. The SMILES string of the molecule is CC(C)N1CCC[C@@H](COc2ccnc3ccc(C#CCNC(=O)C4=CC=CN(Cc5ccc(F)c(F)c5)C4O)cc23)C1. The van der Waals surface area contributed by atoms with Crippen LogP contribution in [-0.4, -0.2) is 64.3 Å². The van der Waals surface area contributed by atoms with Gasteiger partial charge in [0.1, 0.15) is 5.75 Å². The van der Waals surface area contributed by atoms with Crippen LogP contribution in [-0.2, 0) is 11.3 Å². The largest absolute Gasteiger partial charge is 0.492 e. The number of fused-ring (bicyclic) bond motifs is 1. The molecule has 0 aliphatic carbocycles. The van der Waals surface area contributed by atoms with Crippen molar-refractivity contribution in [3.63, 3.8) is 0 Å². The molecule has 1 fully saturated rings. The summed E-state index contributed by atoms with van der Waals surface area (Å²) in [6.07, 6.45) is 7.56. The summed E-state index contributed by atoms with van der Waals surface area (Å²) in [5, 5.41) is 14.3. The van der Waals surface area contributed by atoms with E-state index in [0.717, 1.165) is 53.9 Å². The molecule has 1 unspecified atom stereocenters. The van der Waals surface area contributed by atoms with E-state index < -0.39 is 23.8 Å². The van der Waals surface area contributed by atoms with Crippen LogP contribution in [0.2, 0.25) is 0 Å². The molecule has 0 saturated carbocycles. The van der Waals surface area contributed by atoms with Crippen molar-refractivity contribution in [1.29, 1.82) is 0 Å². The Hall–Kier alpha value is -4.26. The highest BCUT2D eigenvalue weighted by molar-refractivity contribution is 5.95. The lowest BCUT2D eigenvalue weighted by molar-refractivity contribution is -0.119. The van der Waals surface area contributed by atoms with Crippen LogP contribution in [0.5, 0.6) is 5.75 Å². The van der Waals surface area contributed by atoms with E-state index in [1.54, 1.807) is 18.5 Å². The molecule has 9 heteroatoms. The molecule has 1 aromatic heterocycles. The zero-order valence-corrected chi connectivity index (χ0v) is 24.4. The first kappa shape index (κ1) is 30.2. The molecule has 7 nitrogen and oxygen atoms in total. The quantitative estimate of drug-likeness (QED) is 0.371. The molecule has 0 radical (unpaired) electrons. The average Bonchev–Trinajstić information content (AvgIpc) is 3.01. The number of benzene rings is 2. The number of amides is 1. The van der Waals surface area contributed by atoms with Crippen LogP contribution in [0.3, 0.4) is 0 Å². The van der Waals surface area contributed by atoms with Gasteiger partial charge in [0.25, 0.3) is 5.91 Å². The number of ether oxygens (including phenoxy) is 1. The van der Waals surface area contributed by atoms with Crippen LogP contribution in [0, 0.1) is 29.4 Å². The zero-order valence-electron chi connectivity index (χ0n) is 24.4. The second-order valence-corrected chi connectivity index (χ2v) is 11.2. The Morgan fingerprint density at radius 2 is 2.05 bits per heavy atom. The Morgan fingerprint density at radius 1 is 1.19 bits per heavy atom. The molecule has 2 N–H and O–H groups in total. The van der Waals surface area contributed by atoms with Gasteiger partial charge in [0.15, 0.2) is 17.9 Å². The van der Waals surface area contributed by atoms with Gasteiger partial charge in [-0.25, -0.2) is 8.78 Å². The number of carbonyl (C=O) groups is 1. The number of hydrogen-bond donors (Lipinski definition) is 2. The molecule has 5 rings (SSSR count). The van der Waals surface area contributed by atoms with Crippen LogP contribution < -0.4 is 10.1 Å². The number of hydrogen-bond acceptors (Lipinski definition) is 6. The summed E-state index contributed by atoms with van der Waals surface area (Å²) in [5.74, 6) is 4.93. The van der Waals surface area contributed by atoms with Gasteiger partial charge < -0.3 is 25.0 Å². The molecule has 3 heterocycles. The minimum Gasteiger partial charge on any atom is -0.492 e.